The quantitative estimate of drug-likeness (QED) is 0.879. The molecule has 0 unspecified atom stereocenters. The third kappa shape index (κ3) is 2.69. The topological polar surface area (TPSA) is 60.9 Å². The molecule has 0 aliphatic carbocycles. The first-order valence-corrected chi connectivity index (χ1v) is 7.82. The zero-order chi connectivity index (χ0) is 13.3. The van der Waals surface area contributed by atoms with Crippen molar-refractivity contribution >= 4 is 26.0 Å². The highest BCUT2D eigenvalue weighted by Crippen LogP contribution is 2.28. The molecule has 100 valence electrons. The van der Waals surface area contributed by atoms with Gasteiger partial charge in [0.15, 0.2) is 0 Å². The van der Waals surface area contributed by atoms with Crippen LogP contribution in [-0.2, 0) is 10.0 Å². The number of sulfonamides is 1. The van der Waals surface area contributed by atoms with Gasteiger partial charge in [-0.3, -0.25) is 0 Å². The van der Waals surface area contributed by atoms with Crippen molar-refractivity contribution in [1.82, 2.24) is 9.21 Å². The number of hydrogen-bond acceptors (Lipinski definition) is 4. The van der Waals surface area contributed by atoms with Gasteiger partial charge in [-0.2, -0.15) is 4.31 Å². The minimum Gasteiger partial charge on any atom is -0.507 e. The van der Waals surface area contributed by atoms with Gasteiger partial charge in [0, 0.05) is 26.2 Å². The van der Waals surface area contributed by atoms with Gasteiger partial charge in [-0.05, 0) is 41.2 Å². The third-order valence-electron chi connectivity index (χ3n) is 3.02. The Morgan fingerprint density at radius 2 is 1.83 bits per heavy atom. The molecule has 1 fully saturated rings. The maximum absolute atomic E-state index is 12.4. The number of halogens is 1. The number of phenolic OH excluding ortho intramolecular Hbond substituents is 1. The van der Waals surface area contributed by atoms with Crippen LogP contribution in [0, 0.1) is 0 Å². The lowest BCUT2D eigenvalue weighted by atomic mass is 10.3. The van der Waals surface area contributed by atoms with E-state index in [0.29, 0.717) is 17.6 Å². The van der Waals surface area contributed by atoms with Crippen LogP contribution in [0.4, 0.5) is 0 Å². The molecule has 1 aliphatic rings. The van der Waals surface area contributed by atoms with Gasteiger partial charge in [0.2, 0.25) is 10.0 Å². The molecule has 0 aromatic heterocycles. The van der Waals surface area contributed by atoms with E-state index >= 15 is 0 Å². The number of piperazine rings is 1. The summed E-state index contributed by atoms with van der Waals surface area (Å²) >= 11 is 3.13. The smallest absolute Gasteiger partial charge is 0.243 e. The van der Waals surface area contributed by atoms with Gasteiger partial charge in [0.1, 0.15) is 5.75 Å². The Morgan fingerprint density at radius 1 is 1.22 bits per heavy atom. The monoisotopic (exact) mass is 334 g/mol. The normalized spacial score (nSPS) is 19.0. The summed E-state index contributed by atoms with van der Waals surface area (Å²) in [7, 11) is -1.49. The summed E-state index contributed by atoms with van der Waals surface area (Å²) in [5.41, 5.74) is 0. The molecule has 1 N–H and O–H groups in total. The maximum Gasteiger partial charge on any atom is 0.243 e. The highest BCUT2D eigenvalue weighted by atomic mass is 79.9. The van der Waals surface area contributed by atoms with Crippen molar-refractivity contribution in [2.45, 2.75) is 4.90 Å². The zero-order valence-electron chi connectivity index (χ0n) is 10.0. The number of phenols is 1. The lowest BCUT2D eigenvalue weighted by Crippen LogP contribution is -2.46. The Bertz CT molecular complexity index is 539. The van der Waals surface area contributed by atoms with E-state index in [9.17, 15) is 13.5 Å². The van der Waals surface area contributed by atoms with Gasteiger partial charge in [-0.25, -0.2) is 8.42 Å². The van der Waals surface area contributed by atoms with E-state index < -0.39 is 10.0 Å². The molecular weight excluding hydrogens is 320 g/mol. The first kappa shape index (κ1) is 13.8. The van der Waals surface area contributed by atoms with Gasteiger partial charge >= 0.3 is 0 Å². The predicted octanol–water partition coefficient (Wildman–Crippen LogP) is 1.09. The van der Waals surface area contributed by atoms with Crippen LogP contribution < -0.4 is 0 Å². The largest absolute Gasteiger partial charge is 0.507 e. The molecule has 0 radical (unpaired) electrons. The second kappa shape index (κ2) is 5.16. The highest BCUT2D eigenvalue weighted by molar-refractivity contribution is 9.10. The van der Waals surface area contributed by atoms with Gasteiger partial charge < -0.3 is 10.0 Å². The molecule has 0 atom stereocenters. The maximum atomic E-state index is 12.4. The van der Waals surface area contributed by atoms with Crippen LogP contribution in [0.25, 0.3) is 0 Å². The minimum atomic E-state index is -3.46. The van der Waals surface area contributed by atoms with Gasteiger partial charge in [0.25, 0.3) is 0 Å². The summed E-state index contributed by atoms with van der Waals surface area (Å²) in [5, 5.41) is 9.39. The molecule has 1 saturated heterocycles. The lowest BCUT2D eigenvalue weighted by Gasteiger charge is -2.31. The Balaban J connectivity index is 2.27. The van der Waals surface area contributed by atoms with Crippen molar-refractivity contribution < 1.29 is 13.5 Å². The average molecular weight is 335 g/mol. The summed E-state index contributed by atoms with van der Waals surface area (Å²) in [6, 6.07) is 4.24. The van der Waals surface area contributed by atoms with E-state index in [4.69, 9.17) is 0 Å². The molecule has 1 heterocycles. The van der Waals surface area contributed by atoms with Crippen LogP contribution in [0.3, 0.4) is 0 Å². The fourth-order valence-electron chi connectivity index (χ4n) is 1.83. The molecule has 1 aromatic carbocycles. The number of benzene rings is 1. The molecule has 0 amide bonds. The summed E-state index contributed by atoms with van der Waals surface area (Å²) in [5.74, 6) is 0.0346. The molecule has 0 spiro atoms. The van der Waals surface area contributed by atoms with E-state index in [0.717, 1.165) is 13.1 Å². The summed E-state index contributed by atoms with van der Waals surface area (Å²) in [6.07, 6.45) is 0. The van der Waals surface area contributed by atoms with E-state index in [1.54, 1.807) is 0 Å². The summed E-state index contributed by atoms with van der Waals surface area (Å²) in [6.45, 7) is 2.46. The number of likely N-dealkylation sites (N-methyl/N-ethyl adjacent to an activating group) is 1. The second-order valence-electron chi connectivity index (χ2n) is 4.32. The molecule has 0 bridgehead atoms. The number of hydrogen-bond donors (Lipinski definition) is 1. The number of nitrogens with zero attached hydrogens (tertiary/aromatic N) is 2. The van der Waals surface area contributed by atoms with Crippen LogP contribution in [-0.4, -0.2) is 56.0 Å². The number of aromatic hydroxyl groups is 1. The van der Waals surface area contributed by atoms with E-state index in [1.807, 2.05) is 7.05 Å². The predicted molar refractivity (Wildman–Crippen MR) is 72.1 cm³/mol. The first-order valence-electron chi connectivity index (χ1n) is 5.58. The lowest BCUT2D eigenvalue weighted by molar-refractivity contribution is 0.222. The van der Waals surface area contributed by atoms with E-state index in [1.165, 1.54) is 22.5 Å². The van der Waals surface area contributed by atoms with Crippen LogP contribution in [0.1, 0.15) is 0 Å². The van der Waals surface area contributed by atoms with Gasteiger partial charge in [-0.15, -0.1) is 0 Å². The Morgan fingerprint density at radius 3 is 2.39 bits per heavy atom. The molecule has 1 aromatic rings. The van der Waals surface area contributed by atoms with Crippen LogP contribution in [0.15, 0.2) is 27.6 Å². The highest BCUT2D eigenvalue weighted by Gasteiger charge is 2.27. The van der Waals surface area contributed by atoms with Crippen molar-refractivity contribution in [3.8, 4) is 5.75 Å². The second-order valence-corrected chi connectivity index (χ2v) is 7.11. The van der Waals surface area contributed by atoms with Gasteiger partial charge in [-0.1, -0.05) is 0 Å². The van der Waals surface area contributed by atoms with Crippen molar-refractivity contribution in [3.05, 3.63) is 22.7 Å². The molecule has 1 aliphatic heterocycles. The SMILES string of the molecule is CN1CCN(S(=O)(=O)c2ccc(O)c(Br)c2)CC1. The van der Waals surface area contributed by atoms with Crippen molar-refractivity contribution in [1.29, 1.82) is 0 Å². The molecule has 7 heteroatoms. The Kier molecular flexibility index (Phi) is 3.96. The Labute approximate surface area is 115 Å². The fraction of sp³-hybridized carbons (Fsp3) is 0.455. The Hall–Kier alpha value is -0.630. The molecular formula is C11H15BrN2O3S. The van der Waals surface area contributed by atoms with Crippen molar-refractivity contribution in [2.75, 3.05) is 33.2 Å². The summed E-state index contributed by atoms with van der Waals surface area (Å²) < 4.78 is 26.6. The minimum absolute atomic E-state index is 0.0346. The molecule has 5 nitrogen and oxygen atoms in total. The van der Waals surface area contributed by atoms with Crippen molar-refractivity contribution in [3.63, 3.8) is 0 Å². The molecule has 2 rings (SSSR count). The zero-order valence-corrected chi connectivity index (χ0v) is 12.4. The van der Waals surface area contributed by atoms with E-state index in [2.05, 4.69) is 20.8 Å². The molecule has 18 heavy (non-hydrogen) atoms. The molecule has 0 saturated carbocycles. The standard InChI is InChI=1S/C11H15BrN2O3S/c1-13-4-6-14(7-5-13)18(16,17)9-2-3-11(15)10(12)8-9/h2-3,8,15H,4-7H2,1H3. The van der Waals surface area contributed by atoms with Crippen LogP contribution >= 0.6 is 15.9 Å². The fourth-order valence-corrected chi connectivity index (χ4v) is 3.80. The summed E-state index contributed by atoms with van der Waals surface area (Å²) in [4.78, 5) is 2.30. The van der Waals surface area contributed by atoms with Crippen molar-refractivity contribution in [2.24, 2.45) is 0 Å². The third-order valence-corrected chi connectivity index (χ3v) is 5.55. The number of rotatable bonds is 2. The van der Waals surface area contributed by atoms with Crippen LogP contribution in [0.2, 0.25) is 0 Å². The van der Waals surface area contributed by atoms with Gasteiger partial charge in [0.05, 0.1) is 9.37 Å². The van der Waals surface area contributed by atoms with E-state index in [-0.39, 0.29) is 10.6 Å². The van der Waals surface area contributed by atoms with Crippen LogP contribution in [0.5, 0.6) is 5.75 Å². The average Bonchev–Trinajstić information content (AvgIpc) is 2.33. The first-order chi connectivity index (χ1) is 8.41.